The fourth-order valence-corrected chi connectivity index (χ4v) is 4.87. The van der Waals surface area contributed by atoms with Crippen molar-refractivity contribution < 1.29 is 19.7 Å². The van der Waals surface area contributed by atoms with E-state index in [1.807, 2.05) is 6.92 Å². The first kappa shape index (κ1) is 12.6. The Kier molecular flexibility index (Phi) is 2.48. The van der Waals surface area contributed by atoms with E-state index < -0.39 is 29.1 Å². The summed E-state index contributed by atoms with van der Waals surface area (Å²) in [6.45, 7) is 5.68. The lowest BCUT2D eigenvalue weighted by Gasteiger charge is -2.54. The van der Waals surface area contributed by atoms with Gasteiger partial charge in [-0.1, -0.05) is 13.8 Å². The third-order valence-electron chi connectivity index (χ3n) is 5.91. The minimum absolute atomic E-state index is 0.0132. The number of aliphatic hydroxyl groups excluding tert-OH is 2. The van der Waals surface area contributed by atoms with Crippen molar-refractivity contribution in [2.24, 2.45) is 17.3 Å². The van der Waals surface area contributed by atoms with E-state index in [-0.39, 0.29) is 24.2 Å². The largest absolute Gasteiger partial charge is 0.392 e. The number of aliphatic hydroxyl groups is 2. The van der Waals surface area contributed by atoms with Crippen molar-refractivity contribution >= 4 is 5.78 Å². The Bertz CT molecular complexity index is 395. The molecule has 3 fully saturated rings. The van der Waals surface area contributed by atoms with E-state index in [0.717, 1.165) is 12.8 Å². The van der Waals surface area contributed by atoms with Crippen molar-refractivity contribution in [1.29, 1.82) is 0 Å². The molecular formula is C14H22O4. The summed E-state index contributed by atoms with van der Waals surface area (Å²) >= 11 is 0. The highest BCUT2D eigenvalue weighted by molar-refractivity contribution is 5.80. The molecule has 3 rings (SSSR count). The van der Waals surface area contributed by atoms with Crippen LogP contribution < -0.4 is 0 Å². The molecule has 0 aromatic rings. The molecule has 1 spiro atoms. The maximum atomic E-state index is 12.0. The van der Waals surface area contributed by atoms with Crippen molar-refractivity contribution in [2.75, 3.05) is 0 Å². The van der Waals surface area contributed by atoms with Gasteiger partial charge in [-0.15, -0.1) is 0 Å². The Morgan fingerprint density at radius 1 is 1.33 bits per heavy atom. The van der Waals surface area contributed by atoms with Gasteiger partial charge in [0.2, 0.25) is 0 Å². The van der Waals surface area contributed by atoms with Crippen LogP contribution in [-0.2, 0) is 9.53 Å². The molecule has 1 heterocycles. The van der Waals surface area contributed by atoms with Gasteiger partial charge >= 0.3 is 0 Å². The third kappa shape index (κ3) is 1.19. The minimum atomic E-state index is -0.751. The summed E-state index contributed by atoms with van der Waals surface area (Å²) in [4.78, 5) is 12.0. The highest BCUT2D eigenvalue weighted by Gasteiger charge is 2.78. The number of ether oxygens (including phenoxy) is 1. The van der Waals surface area contributed by atoms with Crippen LogP contribution in [0, 0.1) is 17.3 Å². The molecule has 4 nitrogen and oxygen atoms in total. The monoisotopic (exact) mass is 254 g/mol. The summed E-state index contributed by atoms with van der Waals surface area (Å²) in [5.74, 6) is -0.129. The summed E-state index contributed by atoms with van der Waals surface area (Å²) in [6.07, 6.45) is 0.867. The topological polar surface area (TPSA) is 70.1 Å². The molecule has 0 aromatic carbocycles. The standard InChI is InChI=1S/C14H22O4/c1-7-4-5-11-14(18-11)10(17)6-9(16)12(8(2)15)13(7,14)3/h7,9-12,16-17H,4-6H2,1-3H3/t7-,9-,10-,11?,12-,13-,14?/m0/s1. The molecule has 7 atom stereocenters. The van der Waals surface area contributed by atoms with Crippen LogP contribution in [0.25, 0.3) is 0 Å². The number of hydrogen-bond donors (Lipinski definition) is 2. The number of ketones is 1. The Morgan fingerprint density at radius 2 is 2.00 bits per heavy atom. The molecule has 1 aliphatic heterocycles. The summed E-state index contributed by atoms with van der Waals surface area (Å²) in [5, 5.41) is 20.6. The average Bonchev–Trinajstić information content (AvgIpc) is 2.98. The molecule has 0 aromatic heterocycles. The first-order chi connectivity index (χ1) is 8.35. The number of Topliss-reactive ketones (excluding diaryl/α,β-unsaturated/α-hetero) is 1. The van der Waals surface area contributed by atoms with Crippen molar-refractivity contribution in [1.82, 2.24) is 0 Å². The summed E-state index contributed by atoms with van der Waals surface area (Å²) in [7, 11) is 0. The predicted molar refractivity (Wildman–Crippen MR) is 64.9 cm³/mol. The van der Waals surface area contributed by atoms with E-state index in [1.165, 1.54) is 0 Å². The Balaban J connectivity index is 2.10. The van der Waals surface area contributed by atoms with Gasteiger partial charge < -0.3 is 14.9 Å². The van der Waals surface area contributed by atoms with Gasteiger partial charge in [-0.05, 0) is 25.7 Å². The van der Waals surface area contributed by atoms with Crippen LogP contribution in [0.3, 0.4) is 0 Å². The maximum Gasteiger partial charge on any atom is 0.136 e. The Morgan fingerprint density at radius 3 is 2.61 bits per heavy atom. The van der Waals surface area contributed by atoms with Crippen LogP contribution in [0.15, 0.2) is 0 Å². The lowest BCUT2D eigenvalue weighted by atomic mass is 9.49. The van der Waals surface area contributed by atoms with Crippen LogP contribution in [0.4, 0.5) is 0 Å². The van der Waals surface area contributed by atoms with Crippen LogP contribution in [0.1, 0.15) is 40.0 Å². The van der Waals surface area contributed by atoms with E-state index in [2.05, 4.69) is 6.92 Å². The van der Waals surface area contributed by atoms with Crippen molar-refractivity contribution in [3.05, 3.63) is 0 Å². The van der Waals surface area contributed by atoms with E-state index in [9.17, 15) is 15.0 Å². The van der Waals surface area contributed by atoms with Gasteiger partial charge in [-0.3, -0.25) is 4.79 Å². The SMILES string of the molecule is CC(=O)[C@H]1[C@@H](O)C[C@H](O)C23OC2CC[C@H](C)[C@@]13C. The second-order valence-corrected chi connectivity index (χ2v) is 6.57. The molecule has 4 heteroatoms. The fraction of sp³-hybridized carbons (Fsp3) is 0.929. The number of rotatable bonds is 1. The normalized spacial score (nSPS) is 58.6. The lowest BCUT2D eigenvalue weighted by molar-refractivity contribution is -0.171. The van der Waals surface area contributed by atoms with E-state index >= 15 is 0 Å². The second kappa shape index (κ2) is 3.56. The second-order valence-electron chi connectivity index (χ2n) is 6.57. The maximum absolute atomic E-state index is 12.0. The molecule has 2 unspecified atom stereocenters. The van der Waals surface area contributed by atoms with Gasteiger partial charge in [-0.2, -0.15) is 0 Å². The lowest BCUT2D eigenvalue weighted by Crippen LogP contribution is -2.65. The molecule has 2 saturated carbocycles. The van der Waals surface area contributed by atoms with E-state index in [0.29, 0.717) is 0 Å². The molecule has 18 heavy (non-hydrogen) atoms. The number of epoxide rings is 1. The first-order valence-electron chi connectivity index (χ1n) is 6.90. The molecule has 2 aliphatic carbocycles. The zero-order valence-electron chi connectivity index (χ0n) is 11.2. The van der Waals surface area contributed by atoms with Gasteiger partial charge in [0.15, 0.2) is 0 Å². The van der Waals surface area contributed by atoms with Crippen LogP contribution >= 0.6 is 0 Å². The van der Waals surface area contributed by atoms with Gasteiger partial charge in [0.1, 0.15) is 11.4 Å². The molecular weight excluding hydrogens is 232 g/mol. The highest BCUT2D eigenvalue weighted by Crippen LogP contribution is 2.68. The summed E-state index contributed by atoms with van der Waals surface area (Å²) in [6, 6.07) is 0. The van der Waals surface area contributed by atoms with Crippen LogP contribution in [0.5, 0.6) is 0 Å². The molecule has 1 saturated heterocycles. The van der Waals surface area contributed by atoms with Crippen molar-refractivity contribution in [2.45, 2.75) is 63.9 Å². The molecule has 0 amide bonds. The van der Waals surface area contributed by atoms with Crippen LogP contribution in [-0.4, -0.2) is 39.9 Å². The number of carbonyl (C=O) groups is 1. The Hall–Kier alpha value is -0.450. The summed E-state index contributed by atoms with van der Waals surface area (Å²) in [5.41, 5.74) is -1.03. The van der Waals surface area contributed by atoms with E-state index in [4.69, 9.17) is 4.74 Å². The highest BCUT2D eigenvalue weighted by atomic mass is 16.6. The Labute approximate surface area is 107 Å². The quantitative estimate of drug-likeness (QED) is 0.682. The van der Waals surface area contributed by atoms with Gasteiger partial charge in [0, 0.05) is 11.8 Å². The molecule has 3 aliphatic rings. The van der Waals surface area contributed by atoms with Gasteiger partial charge in [0.25, 0.3) is 0 Å². The number of carbonyl (C=O) groups excluding carboxylic acids is 1. The minimum Gasteiger partial charge on any atom is -0.392 e. The first-order valence-corrected chi connectivity index (χ1v) is 6.90. The molecule has 0 radical (unpaired) electrons. The van der Waals surface area contributed by atoms with Crippen molar-refractivity contribution in [3.8, 4) is 0 Å². The van der Waals surface area contributed by atoms with E-state index in [1.54, 1.807) is 6.92 Å². The van der Waals surface area contributed by atoms with Gasteiger partial charge in [-0.25, -0.2) is 0 Å². The van der Waals surface area contributed by atoms with Crippen molar-refractivity contribution in [3.63, 3.8) is 0 Å². The summed E-state index contributed by atoms with van der Waals surface area (Å²) < 4.78 is 5.87. The van der Waals surface area contributed by atoms with Gasteiger partial charge in [0.05, 0.1) is 24.2 Å². The predicted octanol–water partition coefficient (Wildman–Crippen LogP) is 0.891. The fourth-order valence-electron chi connectivity index (χ4n) is 4.87. The zero-order chi connectivity index (χ0) is 13.3. The molecule has 2 N–H and O–H groups in total. The molecule has 102 valence electrons. The average molecular weight is 254 g/mol. The van der Waals surface area contributed by atoms with Crippen LogP contribution in [0.2, 0.25) is 0 Å². The molecule has 0 bridgehead atoms. The third-order valence-corrected chi connectivity index (χ3v) is 5.91. The smallest absolute Gasteiger partial charge is 0.136 e. The number of hydrogen-bond acceptors (Lipinski definition) is 4. The zero-order valence-corrected chi connectivity index (χ0v) is 11.2.